The maximum Gasteiger partial charge on any atom is 0.123 e. The maximum atomic E-state index is 13.2. The third-order valence-electron chi connectivity index (χ3n) is 3.25. The molecule has 0 saturated carbocycles. The highest BCUT2D eigenvalue weighted by molar-refractivity contribution is 5.62. The van der Waals surface area contributed by atoms with Gasteiger partial charge < -0.3 is 10.6 Å². The van der Waals surface area contributed by atoms with Crippen LogP contribution in [-0.4, -0.2) is 19.6 Å². The zero-order valence-electron chi connectivity index (χ0n) is 8.39. The molecule has 2 aliphatic rings. The van der Waals surface area contributed by atoms with Crippen LogP contribution in [0.1, 0.15) is 5.56 Å². The molecule has 0 saturated heterocycles. The Balaban J connectivity index is 2.13. The van der Waals surface area contributed by atoms with Crippen molar-refractivity contribution in [3.05, 3.63) is 41.7 Å². The van der Waals surface area contributed by atoms with Gasteiger partial charge in [-0.1, -0.05) is 12.2 Å². The number of rotatable bonds is 0. The van der Waals surface area contributed by atoms with Gasteiger partial charge in [-0.3, -0.25) is 0 Å². The fourth-order valence-electron chi connectivity index (χ4n) is 2.46. The monoisotopic (exact) mass is 204 g/mol. The number of hydrogen-bond acceptors (Lipinski definition) is 2. The van der Waals surface area contributed by atoms with Gasteiger partial charge in [0.2, 0.25) is 0 Å². The van der Waals surface area contributed by atoms with Crippen molar-refractivity contribution >= 4 is 5.69 Å². The predicted octanol–water partition coefficient (Wildman–Crippen LogP) is 1.65. The zero-order chi connectivity index (χ0) is 10.3. The second-order valence-corrected chi connectivity index (χ2v) is 4.23. The average Bonchev–Trinajstić information content (AvgIpc) is 2.59. The molecule has 0 radical (unpaired) electrons. The van der Waals surface area contributed by atoms with Crippen LogP contribution in [0.4, 0.5) is 10.1 Å². The lowest BCUT2D eigenvalue weighted by Gasteiger charge is -2.29. The maximum absolute atomic E-state index is 13.2. The van der Waals surface area contributed by atoms with Crippen LogP contribution in [0.25, 0.3) is 0 Å². The molecule has 0 bridgehead atoms. The van der Waals surface area contributed by atoms with Gasteiger partial charge in [0.1, 0.15) is 5.82 Å². The smallest absolute Gasteiger partial charge is 0.123 e. The van der Waals surface area contributed by atoms with Gasteiger partial charge in [-0.15, -0.1) is 0 Å². The first-order valence-corrected chi connectivity index (χ1v) is 5.23. The summed E-state index contributed by atoms with van der Waals surface area (Å²) >= 11 is 0. The van der Waals surface area contributed by atoms with E-state index in [9.17, 15) is 4.39 Å². The summed E-state index contributed by atoms with van der Waals surface area (Å²) in [4.78, 5) is 0. The third kappa shape index (κ3) is 1.27. The third-order valence-corrected chi connectivity index (χ3v) is 3.25. The Labute approximate surface area is 88.2 Å². The normalized spacial score (nSPS) is 27.8. The molecule has 2 heterocycles. The molecule has 78 valence electrons. The lowest BCUT2D eigenvalue weighted by Crippen LogP contribution is -2.41. The van der Waals surface area contributed by atoms with E-state index in [0.29, 0.717) is 0 Å². The van der Waals surface area contributed by atoms with E-state index in [1.165, 1.54) is 6.07 Å². The van der Waals surface area contributed by atoms with Crippen LogP contribution in [0.15, 0.2) is 30.4 Å². The molecule has 0 amide bonds. The van der Waals surface area contributed by atoms with E-state index in [2.05, 4.69) is 22.8 Å². The first-order valence-electron chi connectivity index (χ1n) is 5.23. The van der Waals surface area contributed by atoms with E-state index in [1.54, 1.807) is 6.07 Å². The topological polar surface area (TPSA) is 24.1 Å². The average molecular weight is 204 g/mol. The SMILES string of the molecule is Fc1ccc2c(c1)[C@]1(C=CCNC1)CN2. The molecule has 1 spiro atoms. The van der Waals surface area contributed by atoms with Crippen molar-refractivity contribution in [1.29, 1.82) is 0 Å². The summed E-state index contributed by atoms with van der Waals surface area (Å²) in [6.45, 7) is 2.65. The largest absolute Gasteiger partial charge is 0.384 e. The molecule has 0 aromatic heterocycles. The first-order chi connectivity index (χ1) is 7.30. The van der Waals surface area contributed by atoms with Gasteiger partial charge in [-0.25, -0.2) is 4.39 Å². The Hall–Kier alpha value is -1.35. The van der Waals surface area contributed by atoms with Crippen molar-refractivity contribution < 1.29 is 4.39 Å². The number of hydrogen-bond donors (Lipinski definition) is 2. The van der Waals surface area contributed by atoms with Crippen molar-refractivity contribution in [3.63, 3.8) is 0 Å². The van der Waals surface area contributed by atoms with Crippen LogP contribution in [0.5, 0.6) is 0 Å². The summed E-state index contributed by atoms with van der Waals surface area (Å²) < 4.78 is 13.2. The van der Waals surface area contributed by atoms with E-state index in [0.717, 1.165) is 30.9 Å². The van der Waals surface area contributed by atoms with Gasteiger partial charge in [0.25, 0.3) is 0 Å². The van der Waals surface area contributed by atoms with Crippen molar-refractivity contribution in [3.8, 4) is 0 Å². The lowest BCUT2D eigenvalue weighted by molar-refractivity contribution is 0.509. The van der Waals surface area contributed by atoms with E-state index < -0.39 is 0 Å². The van der Waals surface area contributed by atoms with Crippen LogP contribution < -0.4 is 10.6 Å². The Morgan fingerprint density at radius 2 is 2.20 bits per heavy atom. The van der Waals surface area contributed by atoms with Crippen LogP contribution in [0, 0.1) is 5.82 Å². The second kappa shape index (κ2) is 3.07. The quantitative estimate of drug-likeness (QED) is 0.628. The summed E-state index contributed by atoms with van der Waals surface area (Å²) in [5.74, 6) is -0.157. The number of nitrogens with one attached hydrogen (secondary N) is 2. The molecule has 2 nitrogen and oxygen atoms in total. The van der Waals surface area contributed by atoms with Crippen LogP contribution in [0.3, 0.4) is 0 Å². The molecule has 0 aliphatic carbocycles. The molecule has 3 heteroatoms. The van der Waals surface area contributed by atoms with Gasteiger partial charge in [0.15, 0.2) is 0 Å². The number of fused-ring (bicyclic) bond motifs is 2. The fourth-order valence-corrected chi connectivity index (χ4v) is 2.46. The standard InChI is InChI=1S/C12H13FN2/c13-9-2-3-11-10(6-9)12(8-15-11)4-1-5-14-7-12/h1-4,6,14-15H,5,7-8H2/t12-/m0/s1. The summed E-state index contributed by atoms with van der Waals surface area (Å²) in [6.07, 6.45) is 4.31. The van der Waals surface area contributed by atoms with E-state index in [4.69, 9.17) is 0 Å². The van der Waals surface area contributed by atoms with Gasteiger partial charge in [-0.05, 0) is 23.8 Å². The van der Waals surface area contributed by atoms with Crippen molar-refractivity contribution in [2.75, 3.05) is 25.0 Å². The highest BCUT2D eigenvalue weighted by Crippen LogP contribution is 2.38. The molecule has 2 aliphatic heterocycles. The number of benzene rings is 1. The van der Waals surface area contributed by atoms with Crippen LogP contribution in [-0.2, 0) is 5.41 Å². The van der Waals surface area contributed by atoms with Crippen molar-refractivity contribution in [2.45, 2.75) is 5.41 Å². The second-order valence-electron chi connectivity index (χ2n) is 4.23. The highest BCUT2D eigenvalue weighted by Gasteiger charge is 2.37. The number of halogens is 1. The van der Waals surface area contributed by atoms with Gasteiger partial charge in [0, 0.05) is 30.7 Å². The van der Waals surface area contributed by atoms with Gasteiger partial charge >= 0.3 is 0 Å². The van der Waals surface area contributed by atoms with E-state index in [-0.39, 0.29) is 11.2 Å². The van der Waals surface area contributed by atoms with Gasteiger partial charge in [-0.2, -0.15) is 0 Å². The van der Waals surface area contributed by atoms with Crippen molar-refractivity contribution in [2.24, 2.45) is 0 Å². The molecular formula is C12H13FN2. The Bertz CT molecular complexity index is 428. The van der Waals surface area contributed by atoms with Gasteiger partial charge in [0.05, 0.1) is 0 Å². The zero-order valence-corrected chi connectivity index (χ0v) is 8.39. The number of anilines is 1. The summed E-state index contributed by atoms with van der Waals surface area (Å²) in [5, 5.41) is 6.66. The Morgan fingerprint density at radius 1 is 1.27 bits per heavy atom. The molecule has 3 rings (SSSR count). The molecule has 0 unspecified atom stereocenters. The first kappa shape index (κ1) is 8.92. The van der Waals surface area contributed by atoms with Crippen molar-refractivity contribution in [1.82, 2.24) is 5.32 Å². The minimum Gasteiger partial charge on any atom is -0.384 e. The van der Waals surface area contributed by atoms with Crippen LogP contribution in [0.2, 0.25) is 0 Å². The summed E-state index contributed by atoms with van der Waals surface area (Å²) in [7, 11) is 0. The summed E-state index contributed by atoms with van der Waals surface area (Å²) in [6, 6.07) is 4.97. The molecule has 1 aromatic carbocycles. The summed E-state index contributed by atoms with van der Waals surface area (Å²) in [5.41, 5.74) is 2.09. The molecule has 15 heavy (non-hydrogen) atoms. The molecule has 2 N–H and O–H groups in total. The molecule has 0 fully saturated rings. The Morgan fingerprint density at radius 3 is 3.00 bits per heavy atom. The lowest BCUT2D eigenvalue weighted by atomic mass is 9.80. The van der Waals surface area contributed by atoms with Crippen LogP contribution >= 0.6 is 0 Å². The molecule has 1 atom stereocenters. The fraction of sp³-hybridized carbons (Fsp3) is 0.333. The van der Waals surface area contributed by atoms with E-state index in [1.807, 2.05) is 6.07 Å². The Kier molecular flexibility index (Phi) is 1.83. The minimum atomic E-state index is -0.157. The predicted molar refractivity (Wildman–Crippen MR) is 58.6 cm³/mol. The highest BCUT2D eigenvalue weighted by atomic mass is 19.1. The minimum absolute atomic E-state index is 0.0459. The molecular weight excluding hydrogens is 191 g/mol. The van der Waals surface area contributed by atoms with E-state index >= 15 is 0 Å². The molecule has 1 aromatic rings.